The number of likely N-dealkylation sites (tertiary alicyclic amines) is 1. The Kier molecular flexibility index (Phi) is 4.22. The van der Waals surface area contributed by atoms with Gasteiger partial charge in [-0.15, -0.1) is 0 Å². The Morgan fingerprint density at radius 1 is 0.889 bits per heavy atom. The van der Waals surface area contributed by atoms with Crippen LogP contribution < -0.4 is 0 Å². The molecule has 136 valence electrons. The normalized spacial score (nSPS) is 15.0. The van der Waals surface area contributed by atoms with Gasteiger partial charge in [-0.1, -0.05) is 24.3 Å². The lowest BCUT2D eigenvalue weighted by atomic mass is 10.1. The zero-order chi connectivity index (χ0) is 18.1. The number of para-hydroxylation sites is 2. The molecule has 0 aliphatic carbocycles. The van der Waals surface area contributed by atoms with Crippen LogP contribution >= 0.6 is 0 Å². The molecule has 1 aliphatic rings. The summed E-state index contributed by atoms with van der Waals surface area (Å²) in [7, 11) is 0. The van der Waals surface area contributed by atoms with Crippen LogP contribution in [0.1, 0.15) is 24.2 Å². The van der Waals surface area contributed by atoms with E-state index in [0.29, 0.717) is 5.89 Å². The molecule has 0 atom stereocenters. The molecule has 0 N–H and O–H groups in total. The molecule has 0 bridgehead atoms. The van der Waals surface area contributed by atoms with Gasteiger partial charge in [-0.25, -0.2) is 9.97 Å². The summed E-state index contributed by atoms with van der Waals surface area (Å²) in [4.78, 5) is 11.3. The third-order valence-electron chi connectivity index (χ3n) is 5.21. The maximum Gasteiger partial charge on any atom is 0.226 e. The standard InChI is InChI=1S/C22H22N4O/c1-2-6-21-20(5-1)24-16-26(21)14-17-7-9-18(10-8-17)22-23-13-19(27-22)15-25-11-3-4-12-25/h1-2,5-10,13,16H,3-4,11-12,14-15H2. The molecule has 5 rings (SSSR count). The second-order valence-corrected chi connectivity index (χ2v) is 7.17. The van der Waals surface area contributed by atoms with Crippen LogP contribution in [0, 0.1) is 0 Å². The van der Waals surface area contributed by atoms with Crippen LogP contribution in [-0.4, -0.2) is 32.5 Å². The number of fused-ring (bicyclic) bond motifs is 1. The molecule has 0 saturated carbocycles. The van der Waals surface area contributed by atoms with Crippen LogP contribution in [0.15, 0.2) is 65.5 Å². The number of hydrogen-bond donors (Lipinski definition) is 0. The Balaban J connectivity index is 1.31. The van der Waals surface area contributed by atoms with Crippen molar-refractivity contribution in [2.75, 3.05) is 13.1 Å². The van der Waals surface area contributed by atoms with E-state index in [1.807, 2.05) is 30.7 Å². The summed E-state index contributed by atoms with van der Waals surface area (Å²) < 4.78 is 8.14. The quantitative estimate of drug-likeness (QED) is 0.533. The fourth-order valence-electron chi connectivity index (χ4n) is 3.76. The van der Waals surface area contributed by atoms with E-state index < -0.39 is 0 Å². The lowest BCUT2D eigenvalue weighted by molar-refractivity contribution is 0.299. The fraction of sp³-hybridized carbons (Fsp3) is 0.273. The lowest BCUT2D eigenvalue weighted by Gasteiger charge is -2.11. The van der Waals surface area contributed by atoms with Gasteiger partial charge in [0.25, 0.3) is 0 Å². The molecular weight excluding hydrogens is 336 g/mol. The first kappa shape index (κ1) is 16.3. The topological polar surface area (TPSA) is 47.1 Å². The van der Waals surface area contributed by atoms with Gasteiger partial charge in [-0.3, -0.25) is 4.90 Å². The number of imidazole rings is 1. The minimum Gasteiger partial charge on any atom is -0.440 e. The van der Waals surface area contributed by atoms with Crippen molar-refractivity contribution in [3.63, 3.8) is 0 Å². The monoisotopic (exact) mass is 358 g/mol. The van der Waals surface area contributed by atoms with Gasteiger partial charge in [0.2, 0.25) is 5.89 Å². The highest BCUT2D eigenvalue weighted by Crippen LogP contribution is 2.22. The SMILES string of the molecule is c1ccc2c(c1)ncn2Cc1ccc(-c2ncc(CN3CCCC3)o2)cc1. The molecule has 27 heavy (non-hydrogen) atoms. The van der Waals surface area contributed by atoms with Crippen LogP contribution in [-0.2, 0) is 13.1 Å². The first-order valence-corrected chi connectivity index (χ1v) is 9.51. The summed E-state index contributed by atoms with van der Waals surface area (Å²) in [5.74, 6) is 1.64. The molecule has 0 spiro atoms. The maximum atomic E-state index is 5.97. The Labute approximate surface area is 158 Å². The van der Waals surface area contributed by atoms with E-state index in [-0.39, 0.29) is 0 Å². The second kappa shape index (κ2) is 7.00. The Bertz CT molecular complexity index is 1040. The highest BCUT2D eigenvalue weighted by atomic mass is 16.4. The number of hydrogen-bond acceptors (Lipinski definition) is 4. The third-order valence-corrected chi connectivity index (χ3v) is 5.21. The van der Waals surface area contributed by atoms with Gasteiger partial charge >= 0.3 is 0 Å². The second-order valence-electron chi connectivity index (χ2n) is 7.17. The molecule has 0 unspecified atom stereocenters. The number of nitrogens with zero attached hydrogens (tertiary/aromatic N) is 4. The highest BCUT2D eigenvalue weighted by Gasteiger charge is 2.15. The number of rotatable bonds is 5. The molecule has 0 radical (unpaired) electrons. The highest BCUT2D eigenvalue weighted by molar-refractivity contribution is 5.75. The predicted molar refractivity (Wildman–Crippen MR) is 105 cm³/mol. The van der Waals surface area contributed by atoms with Crippen LogP contribution in [0.4, 0.5) is 0 Å². The molecule has 1 fully saturated rings. The van der Waals surface area contributed by atoms with Crippen molar-refractivity contribution in [3.05, 3.63) is 72.4 Å². The van der Waals surface area contributed by atoms with Crippen molar-refractivity contribution in [2.45, 2.75) is 25.9 Å². The number of oxazole rings is 1. The molecule has 2 aromatic heterocycles. The summed E-state index contributed by atoms with van der Waals surface area (Å²) in [5, 5.41) is 0. The summed E-state index contributed by atoms with van der Waals surface area (Å²) >= 11 is 0. The average molecular weight is 358 g/mol. The summed E-state index contributed by atoms with van der Waals surface area (Å²) in [6.45, 7) is 3.98. The molecule has 1 aliphatic heterocycles. The van der Waals surface area contributed by atoms with Gasteiger partial charge in [0, 0.05) is 12.1 Å². The first-order valence-electron chi connectivity index (χ1n) is 9.51. The fourth-order valence-corrected chi connectivity index (χ4v) is 3.76. The maximum absolute atomic E-state index is 5.97. The Morgan fingerprint density at radius 3 is 2.56 bits per heavy atom. The molecule has 1 saturated heterocycles. The van der Waals surface area contributed by atoms with Gasteiger partial charge in [0.15, 0.2) is 0 Å². The van der Waals surface area contributed by atoms with Gasteiger partial charge in [0.1, 0.15) is 5.76 Å². The zero-order valence-corrected chi connectivity index (χ0v) is 15.2. The predicted octanol–water partition coefficient (Wildman–Crippen LogP) is 4.34. The molecular formula is C22H22N4O. The van der Waals surface area contributed by atoms with E-state index in [0.717, 1.165) is 48.5 Å². The van der Waals surface area contributed by atoms with E-state index in [1.54, 1.807) is 0 Å². The minimum atomic E-state index is 0.698. The van der Waals surface area contributed by atoms with Crippen molar-refractivity contribution < 1.29 is 4.42 Å². The first-order chi connectivity index (χ1) is 13.3. The summed E-state index contributed by atoms with van der Waals surface area (Å²) in [6.07, 6.45) is 6.33. The molecule has 0 amide bonds. The largest absolute Gasteiger partial charge is 0.440 e. The van der Waals surface area contributed by atoms with Crippen molar-refractivity contribution in [2.24, 2.45) is 0 Å². The van der Waals surface area contributed by atoms with Gasteiger partial charge in [0.05, 0.1) is 30.1 Å². The van der Waals surface area contributed by atoms with E-state index >= 15 is 0 Å². The van der Waals surface area contributed by atoms with Crippen molar-refractivity contribution in [1.29, 1.82) is 0 Å². The van der Waals surface area contributed by atoms with Crippen molar-refractivity contribution in [1.82, 2.24) is 19.4 Å². The molecule has 5 nitrogen and oxygen atoms in total. The third kappa shape index (κ3) is 3.38. The van der Waals surface area contributed by atoms with Gasteiger partial charge in [-0.2, -0.15) is 0 Å². The minimum absolute atomic E-state index is 0.698. The van der Waals surface area contributed by atoms with E-state index in [2.05, 4.69) is 49.8 Å². The van der Waals surface area contributed by atoms with E-state index in [9.17, 15) is 0 Å². The molecule has 5 heteroatoms. The number of aromatic nitrogens is 3. The van der Waals surface area contributed by atoms with Crippen LogP contribution in [0.25, 0.3) is 22.5 Å². The molecule has 4 aromatic rings. The molecule has 3 heterocycles. The Morgan fingerprint density at radius 2 is 1.70 bits per heavy atom. The lowest BCUT2D eigenvalue weighted by Crippen LogP contribution is -2.17. The smallest absolute Gasteiger partial charge is 0.226 e. The van der Waals surface area contributed by atoms with Crippen molar-refractivity contribution in [3.8, 4) is 11.5 Å². The molecule has 2 aromatic carbocycles. The average Bonchev–Trinajstić information content (AvgIpc) is 3.45. The van der Waals surface area contributed by atoms with Crippen LogP contribution in [0.5, 0.6) is 0 Å². The summed E-state index contributed by atoms with van der Waals surface area (Å²) in [6, 6.07) is 16.6. The van der Waals surface area contributed by atoms with Crippen LogP contribution in [0.3, 0.4) is 0 Å². The Hall–Kier alpha value is -2.92. The summed E-state index contributed by atoms with van der Waals surface area (Å²) in [5.41, 5.74) is 4.42. The van der Waals surface area contributed by atoms with Gasteiger partial charge in [-0.05, 0) is 55.8 Å². The van der Waals surface area contributed by atoms with Gasteiger partial charge < -0.3 is 8.98 Å². The number of benzene rings is 2. The van der Waals surface area contributed by atoms with E-state index in [1.165, 1.54) is 18.4 Å². The van der Waals surface area contributed by atoms with E-state index in [4.69, 9.17) is 4.42 Å². The van der Waals surface area contributed by atoms with Crippen LogP contribution in [0.2, 0.25) is 0 Å². The van der Waals surface area contributed by atoms with Crippen molar-refractivity contribution >= 4 is 11.0 Å². The zero-order valence-electron chi connectivity index (χ0n) is 15.2.